The molecule has 1 aliphatic carbocycles. The smallest absolute Gasteiger partial charge is 0.490 e. The van der Waals surface area contributed by atoms with Crippen molar-refractivity contribution in [2.75, 3.05) is 6.61 Å². The maximum absolute atomic E-state index is 14.4. The third kappa shape index (κ3) is 2.89. The lowest BCUT2D eigenvalue weighted by atomic mass is 9.78. The molecule has 2 fully saturated rings. The van der Waals surface area contributed by atoms with Crippen LogP contribution in [0.3, 0.4) is 0 Å². The fourth-order valence-electron chi connectivity index (χ4n) is 2.60. The van der Waals surface area contributed by atoms with Crippen molar-refractivity contribution in [2.24, 2.45) is 11.8 Å². The molecule has 0 radical (unpaired) electrons. The van der Waals surface area contributed by atoms with Gasteiger partial charge < -0.3 is 14.0 Å². The fraction of sp³-hybridized carbons (Fsp3) is 0.588. The van der Waals surface area contributed by atoms with E-state index in [1.807, 2.05) is 27.7 Å². The first kappa shape index (κ1) is 17.2. The van der Waals surface area contributed by atoms with Gasteiger partial charge in [-0.25, -0.2) is 4.39 Å². The van der Waals surface area contributed by atoms with Crippen molar-refractivity contribution in [3.05, 3.63) is 23.8 Å². The summed E-state index contributed by atoms with van der Waals surface area (Å²) in [5.74, 6) is -2.19. The number of ether oxygens (including phenoxy) is 1. The minimum absolute atomic E-state index is 0.0137. The number of hydrogen-bond donors (Lipinski definition) is 0. The predicted octanol–water partition coefficient (Wildman–Crippen LogP) is 2.80. The van der Waals surface area contributed by atoms with E-state index in [4.69, 9.17) is 19.3 Å². The van der Waals surface area contributed by atoms with Gasteiger partial charge in [-0.3, -0.25) is 0 Å². The molecule has 1 aromatic carbocycles. The lowest BCUT2D eigenvalue weighted by Gasteiger charge is -2.32. The van der Waals surface area contributed by atoms with Gasteiger partial charge in [0.2, 0.25) is 0 Å². The summed E-state index contributed by atoms with van der Waals surface area (Å²) in [7, 11) is -0.968. The van der Waals surface area contributed by atoms with E-state index in [1.54, 1.807) is 0 Å². The lowest BCUT2D eigenvalue weighted by Crippen LogP contribution is -2.41. The summed E-state index contributed by atoms with van der Waals surface area (Å²) in [5, 5.41) is 8.75. The van der Waals surface area contributed by atoms with Crippen LogP contribution < -0.4 is 10.2 Å². The van der Waals surface area contributed by atoms with Crippen molar-refractivity contribution >= 4 is 12.6 Å². The summed E-state index contributed by atoms with van der Waals surface area (Å²) in [5.41, 5.74) is -1.25. The van der Waals surface area contributed by atoms with Gasteiger partial charge in [0, 0.05) is 11.4 Å². The quantitative estimate of drug-likeness (QED) is 0.794. The maximum atomic E-state index is 14.4. The van der Waals surface area contributed by atoms with Crippen LogP contribution in [0, 0.1) is 34.8 Å². The number of halogens is 2. The third-order valence-corrected chi connectivity index (χ3v) is 5.13. The summed E-state index contributed by atoms with van der Waals surface area (Å²) >= 11 is 0. The van der Waals surface area contributed by atoms with Gasteiger partial charge in [0.05, 0.1) is 29.8 Å². The Morgan fingerprint density at radius 3 is 2.38 bits per heavy atom. The largest absolute Gasteiger partial charge is 0.497 e. The van der Waals surface area contributed by atoms with Crippen LogP contribution in [-0.2, 0) is 9.31 Å². The molecule has 1 aliphatic heterocycles. The molecule has 0 amide bonds. The van der Waals surface area contributed by atoms with Crippen LogP contribution >= 0.6 is 0 Å². The van der Waals surface area contributed by atoms with Gasteiger partial charge in [-0.05, 0) is 40.2 Å². The first-order valence-corrected chi connectivity index (χ1v) is 8.02. The SMILES string of the molecule is CC1(C)OB(c2ccc(OCC3CC3C#N)c(F)c2F)OC1(C)C. The van der Waals surface area contributed by atoms with Crippen molar-refractivity contribution < 1.29 is 22.8 Å². The van der Waals surface area contributed by atoms with Crippen molar-refractivity contribution in [1.82, 2.24) is 0 Å². The molecule has 0 spiro atoms. The molecule has 24 heavy (non-hydrogen) atoms. The molecular weight excluding hydrogens is 315 g/mol. The zero-order valence-electron chi connectivity index (χ0n) is 14.2. The van der Waals surface area contributed by atoms with Gasteiger partial charge in [0.25, 0.3) is 0 Å². The van der Waals surface area contributed by atoms with Gasteiger partial charge in [-0.15, -0.1) is 0 Å². The molecule has 2 aliphatic rings. The van der Waals surface area contributed by atoms with Crippen LogP contribution in [0.5, 0.6) is 5.75 Å². The zero-order valence-corrected chi connectivity index (χ0v) is 14.2. The Labute approximate surface area is 140 Å². The van der Waals surface area contributed by atoms with Crippen molar-refractivity contribution in [3.63, 3.8) is 0 Å². The predicted molar refractivity (Wildman–Crippen MR) is 84.8 cm³/mol. The molecule has 0 bridgehead atoms. The number of nitrogens with zero attached hydrogens (tertiary/aromatic N) is 1. The normalized spacial score (nSPS) is 27.0. The van der Waals surface area contributed by atoms with E-state index in [9.17, 15) is 8.78 Å². The van der Waals surface area contributed by atoms with E-state index in [2.05, 4.69) is 6.07 Å². The monoisotopic (exact) mass is 335 g/mol. The highest BCUT2D eigenvalue weighted by Crippen LogP contribution is 2.39. The van der Waals surface area contributed by atoms with Gasteiger partial charge in [-0.2, -0.15) is 9.65 Å². The lowest BCUT2D eigenvalue weighted by molar-refractivity contribution is 0.00578. The van der Waals surface area contributed by atoms with E-state index >= 15 is 0 Å². The number of nitriles is 1. The average Bonchev–Trinajstić information content (AvgIpc) is 3.21. The maximum Gasteiger partial charge on any atom is 0.497 e. The molecule has 1 aromatic rings. The summed E-state index contributed by atoms with van der Waals surface area (Å²) < 4.78 is 45.5. The Balaban J connectivity index is 1.75. The molecule has 3 rings (SSSR count). The summed E-state index contributed by atoms with van der Waals surface area (Å²) in [6, 6.07) is 4.93. The molecule has 4 nitrogen and oxygen atoms in total. The average molecular weight is 335 g/mol. The topological polar surface area (TPSA) is 51.5 Å². The Hall–Kier alpha value is -1.65. The van der Waals surface area contributed by atoms with E-state index in [-0.39, 0.29) is 29.7 Å². The van der Waals surface area contributed by atoms with Crippen molar-refractivity contribution in [1.29, 1.82) is 5.26 Å². The van der Waals surface area contributed by atoms with Crippen LogP contribution in [0.25, 0.3) is 0 Å². The van der Waals surface area contributed by atoms with E-state index in [1.165, 1.54) is 12.1 Å². The van der Waals surface area contributed by atoms with Crippen molar-refractivity contribution in [3.8, 4) is 11.8 Å². The molecule has 0 N–H and O–H groups in total. The van der Waals surface area contributed by atoms with Gasteiger partial charge in [-0.1, -0.05) is 6.07 Å². The second-order valence-electron chi connectivity index (χ2n) is 7.41. The highest BCUT2D eigenvalue weighted by Gasteiger charge is 2.52. The molecule has 2 atom stereocenters. The molecule has 7 heteroatoms. The van der Waals surface area contributed by atoms with E-state index in [0.29, 0.717) is 0 Å². The standard InChI is InChI=1S/C17H20BF2NO3/c1-16(2)17(3,4)24-18(23-16)12-5-6-13(15(20)14(12)19)22-9-11-7-10(11)8-21/h5-6,10-11H,7,9H2,1-4H3. The van der Waals surface area contributed by atoms with E-state index in [0.717, 1.165) is 6.42 Å². The van der Waals surface area contributed by atoms with Crippen molar-refractivity contribution in [2.45, 2.75) is 45.3 Å². The first-order chi connectivity index (χ1) is 11.2. The van der Waals surface area contributed by atoms with Crippen LogP contribution in [0.15, 0.2) is 12.1 Å². The van der Waals surface area contributed by atoms with Crippen LogP contribution in [-0.4, -0.2) is 24.9 Å². The molecular formula is C17H20BF2NO3. The second kappa shape index (κ2) is 5.71. The van der Waals surface area contributed by atoms with E-state index < -0.39 is 30.0 Å². The zero-order chi connectivity index (χ0) is 17.7. The second-order valence-corrected chi connectivity index (χ2v) is 7.41. The molecule has 2 unspecified atom stereocenters. The minimum atomic E-state index is -1.06. The number of benzene rings is 1. The van der Waals surface area contributed by atoms with Gasteiger partial charge in [0.15, 0.2) is 17.4 Å². The molecule has 1 heterocycles. The molecule has 128 valence electrons. The van der Waals surface area contributed by atoms with Crippen LogP contribution in [0.1, 0.15) is 34.1 Å². The Bertz CT molecular complexity index is 686. The first-order valence-electron chi connectivity index (χ1n) is 8.02. The molecule has 1 saturated carbocycles. The highest BCUT2D eigenvalue weighted by atomic mass is 19.2. The Morgan fingerprint density at radius 2 is 1.83 bits per heavy atom. The number of hydrogen-bond acceptors (Lipinski definition) is 4. The molecule has 1 saturated heterocycles. The van der Waals surface area contributed by atoms with Gasteiger partial charge in [0.1, 0.15) is 0 Å². The summed E-state index contributed by atoms with van der Waals surface area (Å²) in [6.07, 6.45) is 0.743. The fourth-order valence-corrected chi connectivity index (χ4v) is 2.60. The van der Waals surface area contributed by atoms with Crippen LogP contribution in [0.2, 0.25) is 0 Å². The molecule has 0 aromatic heterocycles. The summed E-state index contributed by atoms with van der Waals surface area (Å²) in [4.78, 5) is 0. The Kier molecular flexibility index (Phi) is 4.09. The number of rotatable bonds is 4. The summed E-state index contributed by atoms with van der Waals surface area (Å²) in [6.45, 7) is 7.60. The highest BCUT2D eigenvalue weighted by molar-refractivity contribution is 6.62. The third-order valence-electron chi connectivity index (χ3n) is 5.13. The van der Waals surface area contributed by atoms with Gasteiger partial charge >= 0.3 is 7.12 Å². The van der Waals surface area contributed by atoms with Crippen LogP contribution in [0.4, 0.5) is 8.78 Å². The minimum Gasteiger partial charge on any atom is -0.490 e. The Morgan fingerprint density at radius 1 is 1.21 bits per heavy atom.